The molecule has 4 heteroatoms. The molecule has 0 saturated heterocycles. The molecule has 0 aromatic carbocycles. The lowest BCUT2D eigenvalue weighted by Gasteiger charge is -2.44. The molecule has 2 atom stereocenters. The Bertz CT molecular complexity index is 527. The Morgan fingerprint density at radius 2 is 2.19 bits per heavy atom. The van der Waals surface area contributed by atoms with Gasteiger partial charge in [0.15, 0.2) is 0 Å². The van der Waals surface area contributed by atoms with E-state index in [0.717, 1.165) is 24.8 Å². The Morgan fingerprint density at radius 3 is 2.67 bits per heavy atom. The van der Waals surface area contributed by atoms with Gasteiger partial charge in [0.05, 0.1) is 11.9 Å². The van der Waals surface area contributed by atoms with Crippen molar-refractivity contribution in [2.24, 2.45) is 16.1 Å². The van der Waals surface area contributed by atoms with Crippen LogP contribution >= 0.6 is 0 Å². The summed E-state index contributed by atoms with van der Waals surface area (Å²) in [5, 5.41) is 8.78. The van der Waals surface area contributed by atoms with E-state index in [1.54, 1.807) is 0 Å². The van der Waals surface area contributed by atoms with E-state index in [1.807, 2.05) is 24.9 Å². The molecule has 0 spiro atoms. The standard InChI is InChI=1S/C17H26N4/c1-14(2)6-7-16(5,21-11-10-18-13-21)17(12-15(3)4)8-9-19-20-17/h8-11,13-14H,3,6-7,12H2,1-2,4-5H3. The Labute approximate surface area is 127 Å². The Balaban J connectivity index is 2.44. The predicted octanol–water partition coefficient (Wildman–Crippen LogP) is 4.72. The maximum absolute atomic E-state index is 4.62. The molecule has 2 unspecified atom stereocenters. The number of imidazole rings is 1. The van der Waals surface area contributed by atoms with Gasteiger partial charge in [-0.05, 0) is 38.7 Å². The van der Waals surface area contributed by atoms with Crippen molar-refractivity contribution in [1.82, 2.24) is 9.55 Å². The third-order valence-corrected chi connectivity index (χ3v) is 4.44. The van der Waals surface area contributed by atoms with Gasteiger partial charge in [0.25, 0.3) is 0 Å². The number of hydrogen-bond donors (Lipinski definition) is 0. The van der Waals surface area contributed by atoms with Crippen molar-refractivity contribution in [2.75, 3.05) is 0 Å². The van der Waals surface area contributed by atoms with Gasteiger partial charge in [-0.3, -0.25) is 0 Å². The maximum atomic E-state index is 4.62. The minimum Gasteiger partial charge on any atom is -0.329 e. The number of aromatic nitrogens is 2. The van der Waals surface area contributed by atoms with Crippen molar-refractivity contribution >= 4 is 0 Å². The fourth-order valence-electron chi connectivity index (χ4n) is 3.05. The Kier molecular flexibility index (Phi) is 4.45. The highest BCUT2D eigenvalue weighted by Gasteiger charge is 2.49. The van der Waals surface area contributed by atoms with Crippen LogP contribution in [0.1, 0.15) is 47.0 Å². The van der Waals surface area contributed by atoms with Crippen LogP contribution in [0.25, 0.3) is 0 Å². The highest BCUT2D eigenvalue weighted by Crippen LogP contribution is 2.45. The largest absolute Gasteiger partial charge is 0.329 e. The summed E-state index contributed by atoms with van der Waals surface area (Å²) in [4.78, 5) is 4.24. The summed E-state index contributed by atoms with van der Waals surface area (Å²) in [5.41, 5.74) is 0.564. The molecule has 4 nitrogen and oxygen atoms in total. The maximum Gasteiger partial charge on any atom is 0.129 e. The average Bonchev–Trinajstić information content (AvgIpc) is 3.06. The van der Waals surface area contributed by atoms with E-state index in [0.29, 0.717) is 5.92 Å². The lowest BCUT2D eigenvalue weighted by molar-refractivity contribution is 0.162. The highest BCUT2D eigenvalue weighted by atomic mass is 15.2. The van der Waals surface area contributed by atoms with E-state index in [1.165, 1.54) is 0 Å². The summed E-state index contributed by atoms with van der Waals surface area (Å²) in [5.74, 6) is 0.650. The summed E-state index contributed by atoms with van der Waals surface area (Å²) in [6, 6.07) is 0. The number of nitrogens with zero attached hydrogens (tertiary/aromatic N) is 4. The van der Waals surface area contributed by atoms with Crippen LogP contribution < -0.4 is 0 Å². The van der Waals surface area contributed by atoms with E-state index in [9.17, 15) is 0 Å². The molecule has 0 fully saturated rings. The smallest absolute Gasteiger partial charge is 0.129 e. The number of hydrogen-bond acceptors (Lipinski definition) is 3. The van der Waals surface area contributed by atoms with Gasteiger partial charge in [-0.2, -0.15) is 10.2 Å². The summed E-state index contributed by atoms with van der Waals surface area (Å²) in [6.07, 6.45) is 12.7. The van der Waals surface area contributed by atoms with Gasteiger partial charge in [0.2, 0.25) is 0 Å². The van der Waals surface area contributed by atoms with Crippen LogP contribution in [0.5, 0.6) is 0 Å². The zero-order valence-electron chi connectivity index (χ0n) is 13.6. The second kappa shape index (κ2) is 5.96. The molecule has 21 heavy (non-hydrogen) atoms. The predicted molar refractivity (Wildman–Crippen MR) is 86.1 cm³/mol. The van der Waals surface area contributed by atoms with Gasteiger partial charge in [-0.15, -0.1) is 6.58 Å². The van der Waals surface area contributed by atoms with E-state index in [4.69, 9.17) is 0 Å². The van der Waals surface area contributed by atoms with E-state index < -0.39 is 0 Å². The third-order valence-electron chi connectivity index (χ3n) is 4.44. The lowest BCUT2D eigenvalue weighted by atomic mass is 9.71. The first kappa shape index (κ1) is 15.7. The molecule has 0 saturated carbocycles. The molecule has 0 bridgehead atoms. The van der Waals surface area contributed by atoms with Gasteiger partial charge >= 0.3 is 0 Å². The number of rotatable bonds is 7. The fourth-order valence-corrected chi connectivity index (χ4v) is 3.05. The van der Waals surface area contributed by atoms with Crippen LogP contribution in [0.2, 0.25) is 0 Å². The van der Waals surface area contributed by atoms with Crippen LogP contribution in [0.15, 0.2) is 53.4 Å². The zero-order valence-corrected chi connectivity index (χ0v) is 13.6. The highest BCUT2D eigenvalue weighted by molar-refractivity contribution is 5.24. The molecular weight excluding hydrogens is 260 g/mol. The molecule has 2 heterocycles. The molecule has 1 aromatic rings. The molecule has 0 N–H and O–H groups in total. The van der Waals surface area contributed by atoms with Gasteiger partial charge in [0, 0.05) is 25.0 Å². The summed E-state index contributed by atoms with van der Waals surface area (Å²) >= 11 is 0. The normalized spacial score (nSPS) is 23.7. The molecule has 2 rings (SSSR count). The number of azo groups is 1. The van der Waals surface area contributed by atoms with Gasteiger partial charge in [-0.25, -0.2) is 4.98 Å². The van der Waals surface area contributed by atoms with Crippen molar-refractivity contribution in [3.63, 3.8) is 0 Å². The summed E-state index contributed by atoms with van der Waals surface area (Å²) in [7, 11) is 0. The summed E-state index contributed by atoms with van der Waals surface area (Å²) < 4.78 is 2.19. The average molecular weight is 286 g/mol. The lowest BCUT2D eigenvalue weighted by Crippen LogP contribution is -2.50. The Hall–Kier alpha value is -1.71. The SMILES string of the molecule is C=C(C)CC1(C(C)(CCC(C)C)n2ccnc2)C=CN=N1. The Morgan fingerprint density at radius 1 is 1.43 bits per heavy atom. The fraction of sp³-hybridized carbons (Fsp3) is 0.588. The zero-order chi connectivity index (χ0) is 15.5. The first-order chi connectivity index (χ1) is 9.90. The first-order valence-electron chi connectivity index (χ1n) is 7.62. The van der Waals surface area contributed by atoms with Crippen molar-refractivity contribution in [1.29, 1.82) is 0 Å². The van der Waals surface area contributed by atoms with E-state index in [2.05, 4.69) is 60.1 Å². The topological polar surface area (TPSA) is 42.5 Å². The van der Waals surface area contributed by atoms with Crippen molar-refractivity contribution in [3.8, 4) is 0 Å². The molecule has 0 radical (unpaired) electrons. The molecule has 0 amide bonds. The van der Waals surface area contributed by atoms with Crippen molar-refractivity contribution in [3.05, 3.63) is 43.1 Å². The van der Waals surface area contributed by atoms with Crippen LogP contribution in [-0.2, 0) is 5.54 Å². The molecule has 1 aliphatic rings. The van der Waals surface area contributed by atoms with Crippen LogP contribution in [0.3, 0.4) is 0 Å². The quantitative estimate of drug-likeness (QED) is 0.669. The van der Waals surface area contributed by atoms with Crippen molar-refractivity contribution in [2.45, 2.75) is 58.0 Å². The molecule has 0 aliphatic carbocycles. The molecule has 114 valence electrons. The van der Waals surface area contributed by atoms with Crippen LogP contribution in [0, 0.1) is 5.92 Å². The van der Waals surface area contributed by atoms with Gasteiger partial charge < -0.3 is 4.57 Å². The minimum absolute atomic E-state index is 0.191. The van der Waals surface area contributed by atoms with Gasteiger partial charge in [-0.1, -0.05) is 19.4 Å². The van der Waals surface area contributed by atoms with Crippen molar-refractivity contribution < 1.29 is 0 Å². The van der Waals surface area contributed by atoms with Crippen LogP contribution in [-0.4, -0.2) is 15.1 Å². The van der Waals surface area contributed by atoms with E-state index >= 15 is 0 Å². The second-order valence-electron chi connectivity index (χ2n) is 6.77. The molecular formula is C17H26N4. The van der Waals surface area contributed by atoms with Crippen LogP contribution in [0.4, 0.5) is 0 Å². The molecule has 1 aromatic heterocycles. The second-order valence-corrected chi connectivity index (χ2v) is 6.77. The summed E-state index contributed by atoms with van der Waals surface area (Å²) in [6.45, 7) is 12.9. The van der Waals surface area contributed by atoms with E-state index in [-0.39, 0.29) is 11.1 Å². The molecule has 1 aliphatic heterocycles. The first-order valence-corrected chi connectivity index (χ1v) is 7.62. The third kappa shape index (κ3) is 2.99. The van der Waals surface area contributed by atoms with Gasteiger partial charge in [0.1, 0.15) is 5.54 Å². The minimum atomic E-state index is -0.367. The monoisotopic (exact) mass is 286 g/mol.